The van der Waals surface area contributed by atoms with Crippen LogP contribution in [0.3, 0.4) is 0 Å². The first-order valence-corrected chi connectivity index (χ1v) is 15.8. The molecule has 0 aliphatic carbocycles. The smallest absolute Gasteiger partial charge is 0.338 e. The minimum absolute atomic E-state index is 0.0155. The van der Waals surface area contributed by atoms with Gasteiger partial charge in [-0.05, 0) is 94.6 Å². The Balaban J connectivity index is 1.70. The van der Waals surface area contributed by atoms with Crippen molar-refractivity contribution >= 4 is 80.2 Å². The maximum Gasteiger partial charge on any atom is 0.338 e. The number of aromatic nitrogens is 1. The highest BCUT2D eigenvalue weighted by atomic mass is 127. The second kappa shape index (κ2) is 12.9. The lowest BCUT2D eigenvalue weighted by molar-refractivity contribution is -0.136. The number of hydrogen-bond acceptors (Lipinski definition) is 7. The molecule has 3 aromatic carbocycles. The number of hydrogen-bond donors (Lipinski definition) is 0. The maximum absolute atomic E-state index is 14.3. The first-order chi connectivity index (χ1) is 20.1. The number of fused-ring (bicyclic) bond motifs is 1. The Kier molecular flexibility index (Phi) is 9.40. The molecule has 0 radical (unpaired) electrons. The van der Waals surface area contributed by atoms with Crippen LogP contribution in [0.1, 0.15) is 29.7 Å². The molecule has 0 spiro atoms. The standard InChI is InChI=1S/C30H22ClFI2N2O5S/c1-15-25(29(38)40-3)26(20-12-18(31)8-9-23(20)39-2)36-28(37)24(42-30(36)35-15)11-17-10-19(33)13-22(34)27(17)41-14-16-6-4-5-7-21(16)32/h4-13,26H,14H2,1-3H3/b24-11-/t26-/m0/s1. The zero-order valence-electron chi connectivity index (χ0n) is 22.4. The fourth-order valence-corrected chi connectivity index (χ4v) is 7.92. The first kappa shape index (κ1) is 30.7. The minimum Gasteiger partial charge on any atom is -0.496 e. The molecule has 2 heterocycles. The Labute approximate surface area is 276 Å². The van der Waals surface area contributed by atoms with Crippen LogP contribution in [-0.4, -0.2) is 24.8 Å². The summed E-state index contributed by atoms with van der Waals surface area (Å²) in [5, 5.41) is 0.414. The zero-order valence-corrected chi connectivity index (χ0v) is 28.3. The molecule has 12 heteroatoms. The Bertz CT molecular complexity index is 1940. The molecule has 0 N–H and O–H groups in total. The van der Waals surface area contributed by atoms with E-state index < -0.39 is 12.0 Å². The van der Waals surface area contributed by atoms with Crippen molar-refractivity contribution in [3.63, 3.8) is 0 Å². The third kappa shape index (κ3) is 6.01. The molecule has 0 saturated carbocycles. The van der Waals surface area contributed by atoms with Gasteiger partial charge in [0.25, 0.3) is 5.56 Å². The van der Waals surface area contributed by atoms with Crippen molar-refractivity contribution in [2.75, 3.05) is 14.2 Å². The SMILES string of the molecule is COC(=O)C1=C(C)N=c2s/c(=C\c3cc(I)cc(I)c3OCc3ccccc3F)c(=O)n2[C@H]1c1cc(Cl)ccc1OC. The molecular weight excluding hydrogens is 809 g/mol. The molecule has 0 saturated heterocycles. The molecule has 1 aromatic heterocycles. The number of carbonyl (C=O) groups is 1. The van der Waals surface area contributed by atoms with Crippen molar-refractivity contribution in [3.8, 4) is 11.5 Å². The summed E-state index contributed by atoms with van der Waals surface area (Å²) in [5.74, 6) is -0.00895. The molecule has 1 atom stereocenters. The van der Waals surface area contributed by atoms with E-state index in [1.54, 1.807) is 49.4 Å². The van der Waals surface area contributed by atoms with Crippen LogP contribution in [0.15, 0.2) is 75.7 Å². The predicted molar refractivity (Wildman–Crippen MR) is 176 cm³/mol. The Morgan fingerprint density at radius 1 is 1.17 bits per heavy atom. The van der Waals surface area contributed by atoms with Crippen molar-refractivity contribution < 1.29 is 23.4 Å². The first-order valence-electron chi connectivity index (χ1n) is 12.4. The topological polar surface area (TPSA) is 79.1 Å². The lowest BCUT2D eigenvalue weighted by Crippen LogP contribution is -2.40. The van der Waals surface area contributed by atoms with Gasteiger partial charge in [0.2, 0.25) is 0 Å². The van der Waals surface area contributed by atoms with Crippen LogP contribution in [0.5, 0.6) is 11.5 Å². The quantitative estimate of drug-likeness (QED) is 0.169. The monoisotopic (exact) mass is 830 g/mol. The number of methoxy groups -OCH3 is 2. The maximum atomic E-state index is 14.3. The number of esters is 1. The molecule has 1 aliphatic heterocycles. The molecular formula is C30H22ClFI2N2O5S. The van der Waals surface area contributed by atoms with Crippen LogP contribution in [0.2, 0.25) is 5.02 Å². The van der Waals surface area contributed by atoms with Gasteiger partial charge >= 0.3 is 5.97 Å². The fourth-order valence-electron chi connectivity index (χ4n) is 4.65. The zero-order chi connectivity index (χ0) is 30.1. The van der Waals surface area contributed by atoms with Gasteiger partial charge in [-0.1, -0.05) is 41.1 Å². The van der Waals surface area contributed by atoms with E-state index in [9.17, 15) is 14.0 Å². The highest BCUT2D eigenvalue weighted by molar-refractivity contribution is 14.1. The number of halogens is 4. The molecule has 7 nitrogen and oxygen atoms in total. The summed E-state index contributed by atoms with van der Waals surface area (Å²) in [4.78, 5) is 32.1. The summed E-state index contributed by atoms with van der Waals surface area (Å²) < 4.78 is 34.6. The van der Waals surface area contributed by atoms with Gasteiger partial charge in [-0.15, -0.1) is 0 Å². The van der Waals surface area contributed by atoms with E-state index in [1.807, 2.05) is 12.1 Å². The Morgan fingerprint density at radius 2 is 1.93 bits per heavy atom. The number of allylic oxidation sites excluding steroid dienone is 1. The van der Waals surface area contributed by atoms with Crippen molar-refractivity contribution in [1.82, 2.24) is 4.57 Å². The molecule has 0 unspecified atom stereocenters. The van der Waals surface area contributed by atoms with Crippen LogP contribution >= 0.6 is 68.1 Å². The lowest BCUT2D eigenvalue weighted by atomic mass is 9.95. The number of benzene rings is 3. The largest absolute Gasteiger partial charge is 0.496 e. The molecule has 42 heavy (non-hydrogen) atoms. The second-order valence-electron chi connectivity index (χ2n) is 9.15. The summed E-state index contributed by atoms with van der Waals surface area (Å²) in [6.45, 7) is 1.71. The molecule has 0 amide bonds. The predicted octanol–water partition coefficient (Wildman–Crippen LogP) is 6.00. The Hall–Kier alpha value is -2.75. The Morgan fingerprint density at radius 3 is 2.64 bits per heavy atom. The van der Waals surface area contributed by atoms with E-state index in [0.29, 0.717) is 48.2 Å². The summed E-state index contributed by atoms with van der Waals surface area (Å²) in [6.07, 6.45) is 1.73. The number of carbonyl (C=O) groups excluding carboxylic acids is 1. The fraction of sp³-hybridized carbons (Fsp3) is 0.167. The van der Waals surface area contributed by atoms with Gasteiger partial charge in [0.15, 0.2) is 4.80 Å². The lowest BCUT2D eigenvalue weighted by Gasteiger charge is -2.25. The third-order valence-electron chi connectivity index (χ3n) is 6.57. The number of nitrogens with zero attached hydrogens (tertiary/aromatic N) is 2. The van der Waals surface area contributed by atoms with E-state index >= 15 is 0 Å². The highest BCUT2D eigenvalue weighted by Crippen LogP contribution is 2.37. The van der Waals surface area contributed by atoms with E-state index in [4.69, 9.17) is 25.8 Å². The highest BCUT2D eigenvalue weighted by Gasteiger charge is 2.35. The van der Waals surface area contributed by atoms with Crippen LogP contribution in [0, 0.1) is 13.0 Å². The number of ether oxygens (including phenoxy) is 3. The minimum atomic E-state index is -0.891. The van der Waals surface area contributed by atoms with Gasteiger partial charge in [-0.25, -0.2) is 14.2 Å². The van der Waals surface area contributed by atoms with E-state index in [2.05, 4.69) is 50.2 Å². The number of thiazole rings is 1. The summed E-state index contributed by atoms with van der Waals surface area (Å²) in [6, 6.07) is 14.4. The summed E-state index contributed by atoms with van der Waals surface area (Å²) in [5.41, 5.74) is 1.83. The van der Waals surface area contributed by atoms with Crippen LogP contribution < -0.4 is 24.4 Å². The van der Waals surface area contributed by atoms with Gasteiger partial charge in [-0.2, -0.15) is 0 Å². The van der Waals surface area contributed by atoms with E-state index in [1.165, 1.54) is 36.2 Å². The van der Waals surface area contributed by atoms with Gasteiger partial charge in [0.1, 0.15) is 30.0 Å². The van der Waals surface area contributed by atoms with Crippen molar-refractivity contribution in [2.24, 2.45) is 4.99 Å². The molecule has 4 aromatic rings. The van der Waals surface area contributed by atoms with Crippen molar-refractivity contribution in [1.29, 1.82) is 0 Å². The van der Waals surface area contributed by atoms with Gasteiger partial charge < -0.3 is 14.2 Å². The van der Waals surface area contributed by atoms with Gasteiger partial charge in [-0.3, -0.25) is 9.36 Å². The van der Waals surface area contributed by atoms with E-state index in [0.717, 1.165) is 7.14 Å². The van der Waals surface area contributed by atoms with E-state index in [-0.39, 0.29) is 23.6 Å². The molecule has 216 valence electrons. The molecule has 0 bridgehead atoms. The summed E-state index contributed by atoms with van der Waals surface area (Å²) >= 11 is 11.9. The molecule has 0 fully saturated rings. The van der Waals surface area contributed by atoms with Crippen molar-refractivity contribution in [2.45, 2.75) is 19.6 Å². The average Bonchev–Trinajstić information content (AvgIpc) is 3.26. The van der Waals surface area contributed by atoms with Gasteiger partial charge in [0, 0.05) is 25.3 Å². The van der Waals surface area contributed by atoms with Crippen LogP contribution in [-0.2, 0) is 16.1 Å². The second-order valence-corrected chi connectivity index (χ2v) is 13.0. The number of rotatable bonds is 7. The summed E-state index contributed by atoms with van der Waals surface area (Å²) in [7, 11) is 2.79. The van der Waals surface area contributed by atoms with Gasteiger partial charge in [0.05, 0.1) is 33.6 Å². The third-order valence-corrected chi connectivity index (χ3v) is 9.21. The molecule has 1 aliphatic rings. The van der Waals surface area contributed by atoms with Crippen LogP contribution in [0.25, 0.3) is 6.08 Å². The molecule has 5 rings (SSSR count). The normalized spacial score (nSPS) is 14.8. The van der Waals surface area contributed by atoms with Crippen molar-refractivity contribution in [3.05, 3.63) is 120 Å². The average molecular weight is 831 g/mol. The van der Waals surface area contributed by atoms with Crippen LogP contribution in [0.4, 0.5) is 4.39 Å².